The fourth-order valence-electron chi connectivity index (χ4n) is 2.36. The van der Waals surface area contributed by atoms with Crippen LogP contribution in [0.25, 0.3) is 0 Å². The van der Waals surface area contributed by atoms with E-state index in [-0.39, 0.29) is 6.04 Å². The van der Waals surface area contributed by atoms with Crippen molar-refractivity contribution in [2.75, 3.05) is 7.11 Å². The van der Waals surface area contributed by atoms with Crippen molar-refractivity contribution in [1.29, 1.82) is 0 Å². The maximum atomic E-state index is 12.4. The highest BCUT2D eigenvalue weighted by atomic mass is 16.6. The highest BCUT2D eigenvalue weighted by Crippen LogP contribution is 2.35. The van der Waals surface area contributed by atoms with Crippen LogP contribution in [0.1, 0.15) is 37.9 Å². The van der Waals surface area contributed by atoms with Gasteiger partial charge in [0.1, 0.15) is 5.60 Å². The van der Waals surface area contributed by atoms with E-state index >= 15 is 0 Å². The average molecular weight is 303 g/mol. The SMILES string of the molecule is COC(=O)/C=C/C1c2ccccc2CN1C(=O)OC(C)(C)C. The minimum Gasteiger partial charge on any atom is -0.466 e. The van der Waals surface area contributed by atoms with Gasteiger partial charge < -0.3 is 9.47 Å². The number of methoxy groups -OCH3 is 1. The Labute approximate surface area is 130 Å². The zero-order valence-corrected chi connectivity index (χ0v) is 13.3. The van der Waals surface area contributed by atoms with Gasteiger partial charge in [-0.05, 0) is 31.9 Å². The van der Waals surface area contributed by atoms with E-state index in [1.54, 1.807) is 11.0 Å². The van der Waals surface area contributed by atoms with Gasteiger partial charge >= 0.3 is 12.1 Å². The molecule has 1 aromatic carbocycles. The second-order valence-electron chi connectivity index (χ2n) is 6.13. The van der Waals surface area contributed by atoms with E-state index in [4.69, 9.17) is 4.74 Å². The molecule has 0 bridgehead atoms. The summed E-state index contributed by atoms with van der Waals surface area (Å²) in [7, 11) is 1.32. The molecule has 0 aromatic heterocycles. The van der Waals surface area contributed by atoms with Gasteiger partial charge in [0.15, 0.2) is 0 Å². The van der Waals surface area contributed by atoms with E-state index in [9.17, 15) is 9.59 Å². The van der Waals surface area contributed by atoms with Crippen LogP contribution in [0.5, 0.6) is 0 Å². The molecule has 1 aromatic rings. The summed E-state index contributed by atoms with van der Waals surface area (Å²) in [5.74, 6) is -0.450. The van der Waals surface area contributed by atoms with Crippen molar-refractivity contribution >= 4 is 12.1 Å². The molecule has 0 N–H and O–H groups in total. The summed E-state index contributed by atoms with van der Waals surface area (Å²) >= 11 is 0. The molecule has 1 aliphatic heterocycles. The van der Waals surface area contributed by atoms with Crippen LogP contribution < -0.4 is 0 Å². The van der Waals surface area contributed by atoms with Crippen molar-refractivity contribution in [1.82, 2.24) is 4.90 Å². The summed E-state index contributed by atoms with van der Waals surface area (Å²) in [6.07, 6.45) is 2.61. The summed E-state index contributed by atoms with van der Waals surface area (Å²) in [4.78, 5) is 25.4. The van der Waals surface area contributed by atoms with Crippen molar-refractivity contribution in [2.24, 2.45) is 0 Å². The summed E-state index contributed by atoms with van der Waals surface area (Å²) in [5, 5.41) is 0. The molecule has 0 spiro atoms. The number of hydrogen-bond acceptors (Lipinski definition) is 4. The molecular weight excluding hydrogens is 282 g/mol. The lowest BCUT2D eigenvalue weighted by atomic mass is 10.0. The molecule has 0 fully saturated rings. The number of ether oxygens (including phenoxy) is 2. The van der Waals surface area contributed by atoms with Crippen LogP contribution in [0.3, 0.4) is 0 Å². The van der Waals surface area contributed by atoms with Crippen LogP contribution in [0.2, 0.25) is 0 Å². The largest absolute Gasteiger partial charge is 0.466 e. The Balaban J connectivity index is 2.28. The number of nitrogens with zero attached hydrogens (tertiary/aromatic N) is 1. The first kappa shape index (κ1) is 16.1. The van der Waals surface area contributed by atoms with Crippen LogP contribution in [-0.2, 0) is 20.8 Å². The molecule has 118 valence electrons. The lowest BCUT2D eigenvalue weighted by Crippen LogP contribution is -2.35. The second-order valence-corrected chi connectivity index (χ2v) is 6.13. The van der Waals surface area contributed by atoms with Gasteiger partial charge in [0, 0.05) is 6.08 Å². The van der Waals surface area contributed by atoms with Gasteiger partial charge in [-0.2, -0.15) is 0 Å². The highest BCUT2D eigenvalue weighted by molar-refractivity contribution is 5.82. The minimum absolute atomic E-state index is 0.329. The Morgan fingerprint density at radius 1 is 1.27 bits per heavy atom. The van der Waals surface area contributed by atoms with Crippen molar-refractivity contribution in [3.63, 3.8) is 0 Å². The molecule has 0 aliphatic carbocycles. The van der Waals surface area contributed by atoms with Crippen molar-refractivity contribution < 1.29 is 19.1 Å². The van der Waals surface area contributed by atoms with Crippen LogP contribution >= 0.6 is 0 Å². The summed E-state index contributed by atoms with van der Waals surface area (Å²) in [6.45, 7) is 5.94. The Kier molecular flexibility index (Phi) is 4.54. The van der Waals surface area contributed by atoms with Gasteiger partial charge in [-0.15, -0.1) is 0 Å². The number of hydrogen-bond donors (Lipinski definition) is 0. The molecular formula is C17H21NO4. The predicted octanol–water partition coefficient (Wildman–Crippen LogP) is 3.21. The smallest absolute Gasteiger partial charge is 0.411 e. The van der Waals surface area contributed by atoms with E-state index in [0.29, 0.717) is 6.54 Å². The molecule has 2 rings (SSSR count). The van der Waals surface area contributed by atoms with Crippen molar-refractivity contribution in [2.45, 2.75) is 39.0 Å². The van der Waals surface area contributed by atoms with Gasteiger partial charge in [-0.1, -0.05) is 30.3 Å². The van der Waals surface area contributed by atoms with Gasteiger partial charge in [0.25, 0.3) is 0 Å². The number of benzene rings is 1. The Morgan fingerprint density at radius 3 is 2.59 bits per heavy atom. The number of carbonyl (C=O) groups is 2. The molecule has 5 heteroatoms. The molecule has 0 radical (unpaired) electrons. The molecule has 1 aliphatic rings. The zero-order chi connectivity index (χ0) is 16.3. The first-order valence-electron chi connectivity index (χ1n) is 7.15. The molecule has 0 saturated heterocycles. The molecule has 1 atom stereocenters. The third-order valence-corrected chi connectivity index (χ3v) is 3.29. The van der Waals surface area contributed by atoms with Crippen molar-refractivity contribution in [3.8, 4) is 0 Å². The molecule has 1 heterocycles. The Hall–Kier alpha value is -2.30. The van der Waals surface area contributed by atoms with Gasteiger partial charge in [0.05, 0.1) is 19.7 Å². The molecule has 0 saturated carbocycles. The predicted molar refractivity (Wildman–Crippen MR) is 82.1 cm³/mol. The fourth-order valence-corrected chi connectivity index (χ4v) is 2.36. The van der Waals surface area contributed by atoms with E-state index in [1.807, 2.05) is 45.0 Å². The Morgan fingerprint density at radius 2 is 1.95 bits per heavy atom. The van der Waals surface area contributed by atoms with E-state index in [0.717, 1.165) is 11.1 Å². The fraction of sp³-hybridized carbons (Fsp3) is 0.412. The maximum Gasteiger partial charge on any atom is 0.411 e. The topological polar surface area (TPSA) is 55.8 Å². The van der Waals surface area contributed by atoms with Crippen LogP contribution in [-0.4, -0.2) is 29.7 Å². The highest BCUT2D eigenvalue weighted by Gasteiger charge is 2.34. The van der Waals surface area contributed by atoms with Crippen LogP contribution in [0, 0.1) is 0 Å². The third-order valence-electron chi connectivity index (χ3n) is 3.29. The van der Waals surface area contributed by atoms with E-state index in [1.165, 1.54) is 13.2 Å². The summed E-state index contributed by atoms with van der Waals surface area (Å²) in [5.41, 5.74) is 1.48. The number of carbonyl (C=O) groups excluding carboxylic acids is 2. The zero-order valence-electron chi connectivity index (χ0n) is 13.3. The van der Waals surface area contributed by atoms with E-state index < -0.39 is 17.7 Å². The van der Waals surface area contributed by atoms with E-state index in [2.05, 4.69) is 4.74 Å². The summed E-state index contributed by atoms with van der Waals surface area (Å²) in [6, 6.07) is 7.43. The van der Waals surface area contributed by atoms with Crippen LogP contribution in [0.15, 0.2) is 36.4 Å². The molecule has 1 amide bonds. The molecule has 5 nitrogen and oxygen atoms in total. The van der Waals surface area contributed by atoms with Crippen molar-refractivity contribution in [3.05, 3.63) is 47.5 Å². The summed E-state index contributed by atoms with van der Waals surface area (Å²) < 4.78 is 10.1. The van der Waals surface area contributed by atoms with Gasteiger partial charge in [-0.3, -0.25) is 4.90 Å². The van der Waals surface area contributed by atoms with Gasteiger partial charge in [-0.25, -0.2) is 9.59 Å². The number of esters is 1. The maximum absolute atomic E-state index is 12.4. The second kappa shape index (κ2) is 6.22. The van der Waals surface area contributed by atoms with Crippen LogP contribution in [0.4, 0.5) is 4.79 Å². The normalized spacial score (nSPS) is 17.5. The lowest BCUT2D eigenvalue weighted by Gasteiger charge is -2.27. The van der Waals surface area contributed by atoms with Gasteiger partial charge in [0.2, 0.25) is 0 Å². The quantitative estimate of drug-likeness (QED) is 0.622. The third kappa shape index (κ3) is 3.67. The number of fused-ring (bicyclic) bond motifs is 1. The number of amides is 1. The minimum atomic E-state index is -0.567. The monoisotopic (exact) mass is 303 g/mol. The Bertz CT molecular complexity index is 601. The first-order chi connectivity index (χ1) is 10.3. The first-order valence-corrected chi connectivity index (χ1v) is 7.15. The standard InChI is InChI=1S/C17H21NO4/c1-17(2,3)22-16(20)18-11-12-7-5-6-8-13(12)14(18)9-10-15(19)21-4/h5-10,14H,11H2,1-4H3/b10-9+. The number of rotatable bonds is 2. The molecule has 1 unspecified atom stereocenters. The molecule has 22 heavy (non-hydrogen) atoms. The average Bonchev–Trinajstić information content (AvgIpc) is 2.81. The lowest BCUT2D eigenvalue weighted by molar-refractivity contribution is -0.134.